The third-order valence-electron chi connectivity index (χ3n) is 6.73. The van der Waals surface area contributed by atoms with Crippen molar-refractivity contribution in [1.82, 2.24) is 5.32 Å². The maximum atomic E-state index is 6.39. The van der Waals surface area contributed by atoms with Crippen molar-refractivity contribution < 1.29 is 9.47 Å². The summed E-state index contributed by atoms with van der Waals surface area (Å²) in [6, 6.07) is 25.6. The fraction of sp³-hybridized carbons (Fsp3) is 0.379. The first-order valence-corrected chi connectivity index (χ1v) is 13.2. The highest BCUT2D eigenvalue weighted by atomic mass is 32.2. The third-order valence-corrected chi connectivity index (χ3v) is 7.93. The van der Waals surface area contributed by atoms with Crippen molar-refractivity contribution in [3.05, 3.63) is 95.1 Å². The van der Waals surface area contributed by atoms with Crippen molar-refractivity contribution in [1.29, 1.82) is 0 Å². The van der Waals surface area contributed by atoms with Crippen LogP contribution in [0.4, 0.5) is 0 Å². The molecule has 5 rings (SSSR count). The lowest BCUT2D eigenvalue weighted by molar-refractivity contribution is 0.173. The zero-order chi connectivity index (χ0) is 22.5. The SMILES string of the molecule is C[C@H](CC1CNCS1)c1ccc2c(c1)CCC(Cc1ccc(OCc3ccccc3)cc1)O2. The number of rotatable bonds is 8. The standard InChI is InChI=1S/C29H33NO2S/c1-21(15-28-18-30-20-33-28)24-10-14-29-25(17-24)9-13-27(32-29)16-22-7-11-26(12-8-22)31-19-23-5-3-2-4-6-23/h2-8,10-12,14,17,21,27-28,30H,9,13,15-16,18-20H2,1H3/t21-,27?,28?/m1/s1. The second kappa shape index (κ2) is 10.7. The molecule has 2 aliphatic heterocycles. The molecule has 33 heavy (non-hydrogen) atoms. The normalized spacial score (nSPS) is 20.6. The van der Waals surface area contributed by atoms with Crippen LogP contribution in [0.25, 0.3) is 0 Å². The average molecular weight is 460 g/mol. The first-order chi connectivity index (χ1) is 16.2. The van der Waals surface area contributed by atoms with Crippen molar-refractivity contribution >= 4 is 11.8 Å². The van der Waals surface area contributed by atoms with Gasteiger partial charge in [0.25, 0.3) is 0 Å². The predicted octanol–water partition coefficient (Wildman–Crippen LogP) is 6.36. The minimum absolute atomic E-state index is 0.234. The molecule has 0 saturated carbocycles. The Morgan fingerprint density at radius 3 is 2.67 bits per heavy atom. The first-order valence-electron chi connectivity index (χ1n) is 12.1. The highest BCUT2D eigenvalue weighted by Gasteiger charge is 2.23. The molecule has 0 aliphatic carbocycles. The lowest BCUT2D eigenvalue weighted by Crippen LogP contribution is -2.25. The molecule has 0 bridgehead atoms. The van der Waals surface area contributed by atoms with Gasteiger partial charge in [-0.15, -0.1) is 11.8 Å². The van der Waals surface area contributed by atoms with Gasteiger partial charge in [-0.2, -0.15) is 0 Å². The summed E-state index contributed by atoms with van der Waals surface area (Å²) in [5, 5.41) is 4.20. The second-order valence-electron chi connectivity index (χ2n) is 9.29. The summed E-state index contributed by atoms with van der Waals surface area (Å²) in [6.45, 7) is 4.10. The van der Waals surface area contributed by atoms with Gasteiger partial charge in [0.15, 0.2) is 0 Å². The van der Waals surface area contributed by atoms with Crippen LogP contribution in [0.15, 0.2) is 72.8 Å². The Morgan fingerprint density at radius 2 is 1.88 bits per heavy atom. The van der Waals surface area contributed by atoms with Crippen LogP contribution < -0.4 is 14.8 Å². The van der Waals surface area contributed by atoms with Crippen LogP contribution in [0.2, 0.25) is 0 Å². The Balaban J connectivity index is 1.14. The summed E-state index contributed by atoms with van der Waals surface area (Å²) in [6.07, 6.45) is 4.57. The second-order valence-corrected chi connectivity index (χ2v) is 10.6. The Kier molecular flexibility index (Phi) is 7.23. The highest BCUT2D eigenvalue weighted by Crippen LogP contribution is 2.34. The van der Waals surface area contributed by atoms with E-state index in [0.717, 1.165) is 48.4 Å². The quantitative estimate of drug-likeness (QED) is 0.425. The summed E-state index contributed by atoms with van der Waals surface area (Å²) < 4.78 is 12.3. The monoisotopic (exact) mass is 459 g/mol. The van der Waals surface area contributed by atoms with Gasteiger partial charge in [0.2, 0.25) is 0 Å². The minimum Gasteiger partial charge on any atom is -0.490 e. The fourth-order valence-corrected chi connectivity index (χ4v) is 5.91. The van der Waals surface area contributed by atoms with E-state index in [1.165, 1.54) is 28.7 Å². The van der Waals surface area contributed by atoms with Crippen LogP contribution in [0, 0.1) is 0 Å². The molecular formula is C29H33NO2S. The van der Waals surface area contributed by atoms with Gasteiger partial charge in [0.1, 0.15) is 24.2 Å². The van der Waals surface area contributed by atoms with Crippen molar-refractivity contribution in [3.63, 3.8) is 0 Å². The number of nitrogens with one attached hydrogen (secondary N) is 1. The molecule has 1 N–H and O–H groups in total. The summed E-state index contributed by atoms with van der Waals surface area (Å²) in [7, 11) is 0. The van der Waals surface area contributed by atoms with Crippen molar-refractivity contribution in [2.24, 2.45) is 0 Å². The van der Waals surface area contributed by atoms with Crippen LogP contribution in [0.1, 0.15) is 47.9 Å². The summed E-state index contributed by atoms with van der Waals surface area (Å²) >= 11 is 2.05. The number of thioether (sulfide) groups is 1. The van der Waals surface area contributed by atoms with E-state index in [1.807, 2.05) is 18.2 Å². The van der Waals surface area contributed by atoms with E-state index < -0.39 is 0 Å². The van der Waals surface area contributed by atoms with Gasteiger partial charge in [-0.1, -0.05) is 61.5 Å². The number of ether oxygens (including phenoxy) is 2. The van der Waals surface area contributed by atoms with Crippen LogP contribution >= 0.6 is 11.8 Å². The molecule has 0 amide bonds. The van der Waals surface area contributed by atoms with Crippen LogP contribution in [0.5, 0.6) is 11.5 Å². The van der Waals surface area contributed by atoms with E-state index in [2.05, 4.69) is 78.6 Å². The van der Waals surface area contributed by atoms with E-state index in [0.29, 0.717) is 12.5 Å². The Labute approximate surface area is 201 Å². The van der Waals surface area contributed by atoms with E-state index >= 15 is 0 Å². The van der Waals surface area contributed by atoms with Crippen molar-refractivity contribution in [2.45, 2.75) is 56.5 Å². The van der Waals surface area contributed by atoms with E-state index in [9.17, 15) is 0 Å². The van der Waals surface area contributed by atoms with Gasteiger partial charge in [-0.3, -0.25) is 0 Å². The lowest BCUT2D eigenvalue weighted by atomic mass is 9.91. The molecule has 1 fully saturated rings. The molecule has 3 nitrogen and oxygen atoms in total. The van der Waals surface area contributed by atoms with Gasteiger partial charge in [0, 0.05) is 24.1 Å². The maximum absolute atomic E-state index is 6.39. The summed E-state index contributed by atoms with van der Waals surface area (Å²) in [5.74, 6) is 3.67. The number of fused-ring (bicyclic) bond motifs is 1. The largest absolute Gasteiger partial charge is 0.490 e. The van der Waals surface area contributed by atoms with Crippen molar-refractivity contribution in [2.75, 3.05) is 12.4 Å². The molecule has 0 radical (unpaired) electrons. The fourth-order valence-electron chi connectivity index (χ4n) is 4.78. The Morgan fingerprint density at radius 1 is 1.03 bits per heavy atom. The highest BCUT2D eigenvalue weighted by molar-refractivity contribution is 8.00. The minimum atomic E-state index is 0.234. The summed E-state index contributed by atoms with van der Waals surface area (Å²) in [5.41, 5.74) is 5.30. The van der Waals surface area contributed by atoms with Gasteiger partial charge < -0.3 is 14.8 Å². The Hall–Kier alpha value is -2.43. The number of hydrogen-bond donors (Lipinski definition) is 1. The molecule has 3 aromatic carbocycles. The molecule has 172 valence electrons. The van der Waals surface area contributed by atoms with Gasteiger partial charge in [-0.05, 0) is 65.6 Å². The van der Waals surface area contributed by atoms with Crippen molar-refractivity contribution in [3.8, 4) is 11.5 Å². The number of aryl methyl sites for hydroxylation is 1. The predicted molar refractivity (Wildman–Crippen MR) is 137 cm³/mol. The first kappa shape index (κ1) is 22.4. The van der Waals surface area contributed by atoms with E-state index in [4.69, 9.17) is 9.47 Å². The van der Waals surface area contributed by atoms with Crippen LogP contribution in [-0.2, 0) is 19.4 Å². The van der Waals surface area contributed by atoms with Gasteiger partial charge >= 0.3 is 0 Å². The van der Waals surface area contributed by atoms with Gasteiger partial charge in [-0.25, -0.2) is 0 Å². The smallest absolute Gasteiger partial charge is 0.122 e. The van der Waals surface area contributed by atoms with E-state index in [1.54, 1.807) is 0 Å². The molecule has 3 atom stereocenters. The third kappa shape index (κ3) is 5.93. The lowest BCUT2D eigenvalue weighted by Gasteiger charge is -2.27. The zero-order valence-electron chi connectivity index (χ0n) is 19.3. The maximum Gasteiger partial charge on any atom is 0.122 e. The molecule has 2 unspecified atom stereocenters. The zero-order valence-corrected chi connectivity index (χ0v) is 20.2. The molecule has 2 heterocycles. The van der Waals surface area contributed by atoms with Crippen LogP contribution in [0.3, 0.4) is 0 Å². The van der Waals surface area contributed by atoms with Gasteiger partial charge in [0.05, 0.1) is 0 Å². The Bertz CT molecular complexity index is 1030. The molecule has 3 aromatic rings. The van der Waals surface area contributed by atoms with Crippen LogP contribution in [-0.4, -0.2) is 23.8 Å². The topological polar surface area (TPSA) is 30.5 Å². The molecule has 2 aliphatic rings. The number of benzene rings is 3. The molecule has 0 aromatic heterocycles. The number of hydrogen-bond acceptors (Lipinski definition) is 4. The molecule has 0 spiro atoms. The molecule has 1 saturated heterocycles. The summed E-state index contributed by atoms with van der Waals surface area (Å²) in [4.78, 5) is 0. The molecule has 4 heteroatoms. The van der Waals surface area contributed by atoms with E-state index in [-0.39, 0.29) is 6.10 Å². The average Bonchev–Trinajstić information content (AvgIpc) is 3.37. The molecular weight excluding hydrogens is 426 g/mol.